The molecule has 0 saturated heterocycles. The first-order valence-electron chi connectivity index (χ1n) is 8.75. The molecule has 0 aliphatic rings. The molecule has 0 bridgehead atoms. The van der Waals surface area contributed by atoms with Crippen LogP contribution in [0.15, 0.2) is 79.3 Å². The van der Waals surface area contributed by atoms with E-state index < -0.39 is 0 Å². The highest BCUT2D eigenvalue weighted by Crippen LogP contribution is 2.24. The van der Waals surface area contributed by atoms with Crippen molar-refractivity contribution in [3.63, 3.8) is 0 Å². The minimum Gasteiger partial charge on any atom is -0.322 e. The maximum absolute atomic E-state index is 13.8. The van der Waals surface area contributed by atoms with Gasteiger partial charge in [-0.05, 0) is 48.9 Å². The van der Waals surface area contributed by atoms with Crippen molar-refractivity contribution in [3.05, 3.63) is 96.2 Å². The van der Waals surface area contributed by atoms with Crippen LogP contribution in [0.5, 0.6) is 0 Å². The summed E-state index contributed by atoms with van der Waals surface area (Å²) in [7, 11) is 0. The Morgan fingerprint density at radius 1 is 1.07 bits per heavy atom. The van der Waals surface area contributed by atoms with E-state index in [1.54, 1.807) is 48.4 Å². The van der Waals surface area contributed by atoms with Crippen LogP contribution in [0, 0.1) is 12.7 Å². The lowest BCUT2D eigenvalue weighted by Crippen LogP contribution is -2.12. The number of anilines is 1. The summed E-state index contributed by atoms with van der Waals surface area (Å²) >= 11 is 0. The van der Waals surface area contributed by atoms with E-state index in [9.17, 15) is 9.18 Å². The van der Waals surface area contributed by atoms with E-state index in [1.807, 2.05) is 36.4 Å². The van der Waals surface area contributed by atoms with Gasteiger partial charge in [0.15, 0.2) is 0 Å². The van der Waals surface area contributed by atoms with Gasteiger partial charge >= 0.3 is 0 Å². The molecule has 5 nitrogen and oxygen atoms in total. The number of rotatable bonds is 4. The van der Waals surface area contributed by atoms with E-state index in [2.05, 4.69) is 15.4 Å². The van der Waals surface area contributed by atoms with Gasteiger partial charge < -0.3 is 5.32 Å². The molecule has 4 aromatic rings. The molecular weight excluding hydrogens is 355 g/mol. The fraction of sp³-hybridized carbons (Fsp3) is 0.0455. The van der Waals surface area contributed by atoms with Gasteiger partial charge in [-0.3, -0.25) is 9.78 Å². The Morgan fingerprint density at radius 2 is 1.89 bits per heavy atom. The highest BCUT2D eigenvalue weighted by atomic mass is 19.1. The molecule has 2 aromatic carbocycles. The Labute approximate surface area is 161 Å². The van der Waals surface area contributed by atoms with E-state index in [4.69, 9.17) is 0 Å². The minimum atomic E-state index is -0.371. The standard InChI is InChI=1S/C22H17FN4O/c1-15-9-10-17(12-20(15)23)25-22(28)19-14-27(18-7-3-2-4-8-18)26-21(19)16-6-5-11-24-13-16/h2-14H,1H3,(H,25,28). The minimum absolute atomic E-state index is 0.370. The van der Waals surface area contributed by atoms with Gasteiger partial charge in [0.2, 0.25) is 0 Å². The van der Waals surface area contributed by atoms with Crippen molar-refractivity contribution < 1.29 is 9.18 Å². The second-order valence-corrected chi connectivity index (χ2v) is 6.33. The fourth-order valence-corrected chi connectivity index (χ4v) is 2.84. The lowest BCUT2D eigenvalue weighted by atomic mass is 10.1. The smallest absolute Gasteiger partial charge is 0.259 e. The zero-order valence-corrected chi connectivity index (χ0v) is 15.1. The van der Waals surface area contributed by atoms with Crippen LogP contribution in [0.2, 0.25) is 0 Å². The number of amides is 1. The van der Waals surface area contributed by atoms with Crippen LogP contribution in [0.25, 0.3) is 16.9 Å². The molecule has 0 aliphatic heterocycles. The van der Waals surface area contributed by atoms with E-state index in [-0.39, 0.29) is 11.7 Å². The molecule has 0 radical (unpaired) electrons. The number of aromatic nitrogens is 3. The van der Waals surface area contributed by atoms with E-state index in [1.165, 1.54) is 6.07 Å². The Balaban J connectivity index is 1.75. The molecule has 0 spiro atoms. The van der Waals surface area contributed by atoms with Crippen LogP contribution in [0.3, 0.4) is 0 Å². The Kier molecular flexibility index (Phi) is 4.68. The molecule has 28 heavy (non-hydrogen) atoms. The largest absolute Gasteiger partial charge is 0.322 e. The number of para-hydroxylation sites is 1. The zero-order chi connectivity index (χ0) is 19.5. The van der Waals surface area contributed by atoms with Gasteiger partial charge in [-0.2, -0.15) is 5.10 Å². The second kappa shape index (κ2) is 7.44. The monoisotopic (exact) mass is 372 g/mol. The maximum Gasteiger partial charge on any atom is 0.259 e. The molecule has 0 aliphatic carbocycles. The highest BCUT2D eigenvalue weighted by molar-refractivity contribution is 6.08. The predicted octanol–water partition coefficient (Wildman–Crippen LogP) is 4.63. The maximum atomic E-state index is 13.8. The molecule has 2 heterocycles. The van der Waals surface area contributed by atoms with Gasteiger partial charge in [0.1, 0.15) is 11.5 Å². The average Bonchev–Trinajstić information content (AvgIpc) is 3.18. The first kappa shape index (κ1) is 17.6. The van der Waals surface area contributed by atoms with Crippen LogP contribution < -0.4 is 5.32 Å². The van der Waals surface area contributed by atoms with E-state index >= 15 is 0 Å². The third-order valence-electron chi connectivity index (χ3n) is 4.34. The van der Waals surface area contributed by atoms with Crippen LogP contribution in [-0.2, 0) is 0 Å². The van der Waals surface area contributed by atoms with Crippen LogP contribution >= 0.6 is 0 Å². The van der Waals surface area contributed by atoms with Crippen LogP contribution in [-0.4, -0.2) is 20.7 Å². The number of aryl methyl sites for hydroxylation is 1. The van der Waals surface area contributed by atoms with E-state index in [0.717, 1.165) is 11.3 Å². The summed E-state index contributed by atoms with van der Waals surface area (Å²) < 4.78 is 15.5. The summed E-state index contributed by atoms with van der Waals surface area (Å²) in [6, 6.07) is 17.7. The number of hydrogen-bond donors (Lipinski definition) is 1. The Hall–Kier alpha value is -3.80. The molecule has 0 atom stereocenters. The van der Waals surface area contributed by atoms with Crippen molar-refractivity contribution in [3.8, 4) is 16.9 Å². The predicted molar refractivity (Wildman–Crippen MR) is 106 cm³/mol. The molecular formula is C22H17FN4O. The lowest BCUT2D eigenvalue weighted by molar-refractivity contribution is 0.102. The number of halogens is 1. The Bertz CT molecular complexity index is 1120. The van der Waals surface area contributed by atoms with Gasteiger partial charge in [-0.25, -0.2) is 9.07 Å². The van der Waals surface area contributed by atoms with Crippen molar-refractivity contribution in [2.24, 2.45) is 0 Å². The summed E-state index contributed by atoms with van der Waals surface area (Å²) in [5.74, 6) is -0.741. The molecule has 138 valence electrons. The average molecular weight is 372 g/mol. The third kappa shape index (κ3) is 3.53. The number of benzene rings is 2. The van der Waals surface area contributed by atoms with E-state index in [0.29, 0.717) is 22.5 Å². The van der Waals surface area contributed by atoms with Crippen molar-refractivity contribution in [2.75, 3.05) is 5.32 Å². The quantitative estimate of drug-likeness (QED) is 0.568. The molecule has 0 fully saturated rings. The van der Waals surface area contributed by atoms with Gasteiger partial charge in [-0.15, -0.1) is 0 Å². The highest BCUT2D eigenvalue weighted by Gasteiger charge is 2.19. The first-order valence-corrected chi connectivity index (χ1v) is 8.75. The van der Waals surface area contributed by atoms with Crippen LogP contribution in [0.1, 0.15) is 15.9 Å². The van der Waals surface area contributed by atoms with Crippen LogP contribution in [0.4, 0.5) is 10.1 Å². The molecule has 1 N–H and O–H groups in total. The lowest BCUT2D eigenvalue weighted by Gasteiger charge is -2.06. The normalized spacial score (nSPS) is 10.6. The number of carbonyl (C=O) groups is 1. The number of nitrogens with zero attached hydrogens (tertiary/aromatic N) is 3. The summed E-state index contributed by atoms with van der Waals surface area (Å²) in [4.78, 5) is 17.1. The number of nitrogens with one attached hydrogen (secondary N) is 1. The molecule has 2 aromatic heterocycles. The van der Waals surface area contributed by atoms with Gasteiger partial charge in [-0.1, -0.05) is 24.3 Å². The number of hydrogen-bond acceptors (Lipinski definition) is 3. The number of carbonyl (C=O) groups excluding carboxylic acids is 1. The Morgan fingerprint density at radius 3 is 2.61 bits per heavy atom. The van der Waals surface area contributed by atoms with Gasteiger partial charge in [0.05, 0.1) is 11.3 Å². The topological polar surface area (TPSA) is 59.8 Å². The third-order valence-corrected chi connectivity index (χ3v) is 4.34. The van der Waals surface area contributed by atoms with Crippen molar-refractivity contribution in [1.29, 1.82) is 0 Å². The molecule has 0 unspecified atom stereocenters. The summed E-state index contributed by atoms with van der Waals surface area (Å²) in [6.45, 7) is 1.67. The fourth-order valence-electron chi connectivity index (χ4n) is 2.84. The number of pyridine rings is 1. The van der Waals surface area contributed by atoms with Gasteiger partial charge in [0.25, 0.3) is 5.91 Å². The second-order valence-electron chi connectivity index (χ2n) is 6.33. The summed E-state index contributed by atoms with van der Waals surface area (Å²) in [6.07, 6.45) is 4.98. The van der Waals surface area contributed by atoms with Crippen molar-refractivity contribution in [1.82, 2.24) is 14.8 Å². The zero-order valence-electron chi connectivity index (χ0n) is 15.1. The molecule has 0 saturated carbocycles. The summed E-state index contributed by atoms with van der Waals surface area (Å²) in [5.41, 5.74) is 3.33. The summed E-state index contributed by atoms with van der Waals surface area (Å²) in [5, 5.41) is 7.34. The molecule has 6 heteroatoms. The van der Waals surface area contributed by atoms with Gasteiger partial charge in [0, 0.05) is 29.8 Å². The van der Waals surface area contributed by atoms with Crippen molar-refractivity contribution in [2.45, 2.75) is 6.92 Å². The van der Waals surface area contributed by atoms with Crippen molar-refractivity contribution >= 4 is 11.6 Å². The molecule has 1 amide bonds. The SMILES string of the molecule is Cc1ccc(NC(=O)c2cn(-c3ccccc3)nc2-c2cccnc2)cc1F. The molecule has 4 rings (SSSR count). The first-order chi connectivity index (χ1) is 13.6.